The van der Waals surface area contributed by atoms with Crippen LogP contribution in [0.4, 0.5) is 26.3 Å². The topological polar surface area (TPSA) is 55.3 Å². The van der Waals surface area contributed by atoms with Crippen LogP contribution in [-0.4, -0.2) is 40.0 Å². The molecule has 0 spiro atoms. The summed E-state index contributed by atoms with van der Waals surface area (Å²) in [5, 5.41) is 0. The van der Waals surface area contributed by atoms with Crippen molar-refractivity contribution < 1.29 is 35.9 Å². The Labute approximate surface area is 161 Å². The molecule has 1 aliphatic rings. The predicted octanol–water partition coefficient (Wildman–Crippen LogP) is 4.20. The molecule has 2 aromatic rings. The normalized spacial score (nSPS) is 17.9. The third kappa shape index (κ3) is 4.96. The van der Waals surface area contributed by atoms with Gasteiger partial charge in [0, 0.05) is 12.7 Å². The van der Waals surface area contributed by atoms with E-state index in [0.29, 0.717) is 18.9 Å². The van der Waals surface area contributed by atoms with Gasteiger partial charge in [0.1, 0.15) is 6.10 Å². The SMILES string of the molecule is O=C(c1ccccc1C(F)(F)F)N1CCCC(Oc2nccc(C(F)(F)F)n2)C1. The molecule has 0 aliphatic carbocycles. The van der Waals surface area contributed by atoms with Crippen molar-refractivity contribution in [3.8, 4) is 6.01 Å². The van der Waals surface area contributed by atoms with Crippen molar-refractivity contribution in [2.45, 2.75) is 31.3 Å². The standard InChI is InChI=1S/C18H15F6N3O2/c19-17(20,21)13-6-2-1-5-12(13)15(28)27-9-3-4-11(10-27)29-16-25-8-7-14(26-16)18(22,23)24/h1-2,5-8,11H,3-4,9-10H2. The molecule has 0 bridgehead atoms. The first-order valence-corrected chi connectivity index (χ1v) is 8.58. The minimum absolute atomic E-state index is 0.0926. The Morgan fingerprint density at radius 2 is 1.79 bits per heavy atom. The highest BCUT2D eigenvalue weighted by Gasteiger charge is 2.37. The summed E-state index contributed by atoms with van der Waals surface area (Å²) < 4.78 is 83.1. The van der Waals surface area contributed by atoms with Crippen molar-refractivity contribution in [2.75, 3.05) is 13.1 Å². The molecule has 1 atom stereocenters. The van der Waals surface area contributed by atoms with Crippen molar-refractivity contribution in [1.82, 2.24) is 14.9 Å². The molecule has 1 saturated heterocycles. The fourth-order valence-corrected chi connectivity index (χ4v) is 3.01. The second-order valence-electron chi connectivity index (χ2n) is 6.40. The van der Waals surface area contributed by atoms with Gasteiger partial charge in [-0.15, -0.1) is 0 Å². The van der Waals surface area contributed by atoms with E-state index in [0.717, 1.165) is 18.3 Å². The zero-order valence-corrected chi connectivity index (χ0v) is 14.8. The number of hydrogen-bond acceptors (Lipinski definition) is 4. The van der Waals surface area contributed by atoms with Crippen LogP contribution in [0.1, 0.15) is 34.5 Å². The number of aromatic nitrogens is 2. The first-order chi connectivity index (χ1) is 13.6. The third-order valence-corrected chi connectivity index (χ3v) is 4.32. The maximum atomic E-state index is 13.2. The fourth-order valence-electron chi connectivity index (χ4n) is 3.01. The Bertz CT molecular complexity index is 884. The first-order valence-electron chi connectivity index (χ1n) is 8.58. The van der Waals surface area contributed by atoms with Crippen molar-refractivity contribution in [3.63, 3.8) is 0 Å². The van der Waals surface area contributed by atoms with Gasteiger partial charge in [0.2, 0.25) is 0 Å². The number of nitrogens with zero attached hydrogens (tertiary/aromatic N) is 3. The minimum Gasteiger partial charge on any atom is -0.458 e. The monoisotopic (exact) mass is 419 g/mol. The smallest absolute Gasteiger partial charge is 0.433 e. The Morgan fingerprint density at radius 3 is 2.48 bits per heavy atom. The lowest BCUT2D eigenvalue weighted by molar-refractivity contribution is -0.141. The van der Waals surface area contributed by atoms with Crippen LogP contribution in [0.5, 0.6) is 6.01 Å². The number of benzene rings is 1. The van der Waals surface area contributed by atoms with Crippen LogP contribution in [0.2, 0.25) is 0 Å². The van der Waals surface area contributed by atoms with Crippen LogP contribution >= 0.6 is 0 Å². The molecule has 0 radical (unpaired) electrons. The molecule has 3 rings (SSSR count). The molecule has 1 fully saturated rings. The van der Waals surface area contributed by atoms with Gasteiger partial charge in [-0.1, -0.05) is 12.1 Å². The van der Waals surface area contributed by atoms with Gasteiger partial charge in [-0.25, -0.2) is 4.98 Å². The van der Waals surface area contributed by atoms with E-state index in [1.807, 2.05) is 0 Å². The number of amides is 1. The van der Waals surface area contributed by atoms with Crippen molar-refractivity contribution >= 4 is 5.91 Å². The highest BCUT2D eigenvalue weighted by Crippen LogP contribution is 2.33. The number of carbonyl (C=O) groups excluding carboxylic acids is 1. The second kappa shape index (κ2) is 7.88. The summed E-state index contributed by atoms with van der Waals surface area (Å²) in [7, 11) is 0. The van der Waals surface area contributed by atoms with Crippen LogP contribution in [-0.2, 0) is 12.4 Å². The maximum Gasteiger partial charge on any atom is 0.433 e. The van der Waals surface area contributed by atoms with Gasteiger partial charge in [-0.05, 0) is 31.0 Å². The summed E-state index contributed by atoms with van der Waals surface area (Å²) in [5.41, 5.74) is -2.71. The summed E-state index contributed by atoms with van der Waals surface area (Å²) in [6.45, 7) is 0.110. The molecule has 0 saturated carbocycles. The van der Waals surface area contributed by atoms with E-state index >= 15 is 0 Å². The third-order valence-electron chi connectivity index (χ3n) is 4.32. The number of alkyl halides is 6. The van der Waals surface area contributed by atoms with E-state index in [1.165, 1.54) is 17.0 Å². The largest absolute Gasteiger partial charge is 0.458 e. The Kier molecular flexibility index (Phi) is 5.67. The second-order valence-corrected chi connectivity index (χ2v) is 6.40. The predicted molar refractivity (Wildman–Crippen MR) is 88.0 cm³/mol. The number of halogens is 6. The van der Waals surface area contributed by atoms with Crippen LogP contribution < -0.4 is 4.74 Å². The Morgan fingerprint density at radius 1 is 1.07 bits per heavy atom. The maximum absolute atomic E-state index is 13.2. The minimum atomic E-state index is -4.69. The van der Waals surface area contributed by atoms with E-state index in [2.05, 4.69) is 9.97 Å². The molecule has 2 heterocycles. The Hall–Kier alpha value is -2.85. The van der Waals surface area contributed by atoms with Crippen molar-refractivity contribution in [2.24, 2.45) is 0 Å². The van der Waals surface area contributed by atoms with Gasteiger partial charge in [0.15, 0.2) is 5.69 Å². The summed E-state index contributed by atoms with van der Waals surface area (Å²) >= 11 is 0. The van der Waals surface area contributed by atoms with E-state index in [4.69, 9.17) is 4.74 Å². The Balaban J connectivity index is 1.74. The number of piperidine rings is 1. The van der Waals surface area contributed by atoms with Gasteiger partial charge in [0.05, 0.1) is 17.7 Å². The van der Waals surface area contributed by atoms with Gasteiger partial charge in [-0.2, -0.15) is 31.3 Å². The van der Waals surface area contributed by atoms with E-state index in [9.17, 15) is 31.1 Å². The van der Waals surface area contributed by atoms with Crippen LogP contribution in [0.3, 0.4) is 0 Å². The molecular weight excluding hydrogens is 404 g/mol. The fraction of sp³-hybridized carbons (Fsp3) is 0.389. The number of hydrogen-bond donors (Lipinski definition) is 0. The lowest BCUT2D eigenvalue weighted by atomic mass is 10.0. The molecule has 11 heteroatoms. The van der Waals surface area contributed by atoms with Gasteiger partial charge >= 0.3 is 18.4 Å². The van der Waals surface area contributed by atoms with E-state index in [-0.39, 0.29) is 13.1 Å². The molecular formula is C18H15F6N3O2. The number of rotatable bonds is 3. The molecule has 29 heavy (non-hydrogen) atoms. The number of ether oxygens (including phenoxy) is 1. The number of likely N-dealkylation sites (tertiary alicyclic amines) is 1. The van der Waals surface area contributed by atoms with Gasteiger partial charge in [-0.3, -0.25) is 4.79 Å². The van der Waals surface area contributed by atoms with Crippen LogP contribution in [0.25, 0.3) is 0 Å². The van der Waals surface area contributed by atoms with Gasteiger partial charge in [0.25, 0.3) is 5.91 Å². The van der Waals surface area contributed by atoms with Crippen molar-refractivity contribution in [1.29, 1.82) is 0 Å². The quantitative estimate of drug-likeness (QED) is 0.700. The average molecular weight is 419 g/mol. The molecule has 1 aliphatic heterocycles. The summed E-state index contributed by atoms with van der Waals surface area (Å²) in [6, 6.07) is 4.61. The zero-order chi connectivity index (χ0) is 21.2. The average Bonchev–Trinajstić information content (AvgIpc) is 2.66. The highest BCUT2D eigenvalue weighted by molar-refractivity contribution is 5.96. The molecule has 1 amide bonds. The first kappa shape index (κ1) is 20.9. The van der Waals surface area contributed by atoms with E-state index < -0.39 is 47.2 Å². The van der Waals surface area contributed by atoms with Crippen molar-refractivity contribution in [3.05, 3.63) is 53.3 Å². The van der Waals surface area contributed by atoms with E-state index in [1.54, 1.807) is 0 Å². The lowest BCUT2D eigenvalue weighted by Gasteiger charge is -2.33. The zero-order valence-electron chi connectivity index (χ0n) is 14.8. The van der Waals surface area contributed by atoms with Crippen LogP contribution in [0, 0.1) is 0 Å². The molecule has 5 nitrogen and oxygen atoms in total. The molecule has 1 unspecified atom stereocenters. The summed E-state index contributed by atoms with van der Waals surface area (Å²) in [5.74, 6) is -0.823. The summed E-state index contributed by atoms with van der Waals surface area (Å²) in [6.07, 6.45) is -8.40. The summed E-state index contributed by atoms with van der Waals surface area (Å²) in [4.78, 5) is 20.8. The molecule has 1 aromatic heterocycles. The van der Waals surface area contributed by atoms with Gasteiger partial charge < -0.3 is 9.64 Å². The highest BCUT2D eigenvalue weighted by atomic mass is 19.4. The van der Waals surface area contributed by atoms with Crippen LogP contribution in [0.15, 0.2) is 36.5 Å². The lowest BCUT2D eigenvalue weighted by Crippen LogP contribution is -2.45. The molecule has 156 valence electrons. The molecule has 1 aromatic carbocycles. The molecule has 0 N–H and O–H groups in total. The number of carbonyl (C=O) groups is 1.